The number of carboxylic acid groups (broad SMARTS) is 2. The van der Waals surface area contributed by atoms with Crippen molar-refractivity contribution in [1.82, 2.24) is 0 Å². The van der Waals surface area contributed by atoms with Crippen LogP contribution in [-0.4, -0.2) is 68.0 Å². The third kappa shape index (κ3) is 14.6. The first-order chi connectivity index (χ1) is 12.1. The summed E-state index contributed by atoms with van der Waals surface area (Å²) in [6, 6.07) is 0. The lowest BCUT2D eigenvalue weighted by atomic mass is 9.92. The maximum Gasteiger partial charge on any atom is 0.331 e. The second-order valence-corrected chi connectivity index (χ2v) is 5.94. The van der Waals surface area contributed by atoms with E-state index in [1.54, 1.807) is 0 Å². The second-order valence-electron chi connectivity index (χ2n) is 5.94. The molecule has 0 spiro atoms. The van der Waals surface area contributed by atoms with Crippen LogP contribution in [-0.2, 0) is 9.59 Å². The molecule has 0 aromatic carbocycles. The number of unbranched alkanes of at least 4 members (excludes halogenated alkanes) is 3. The lowest BCUT2D eigenvalue weighted by molar-refractivity contribution is -0.133. The van der Waals surface area contributed by atoms with E-state index in [2.05, 4.69) is 0 Å². The average molecular weight is 376 g/mol. The number of hydrogen-bond donors (Lipinski definition) is 6. The zero-order valence-corrected chi connectivity index (χ0v) is 15.5. The molecule has 0 aliphatic carbocycles. The summed E-state index contributed by atoms with van der Waals surface area (Å²) in [7, 11) is 0. The Balaban J connectivity index is 0. The summed E-state index contributed by atoms with van der Waals surface area (Å²) in [5.74, 6) is -2.36. The van der Waals surface area contributed by atoms with Crippen LogP contribution < -0.4 is 0 Å². The van der Waals surface area contributed by atoms with E-state index in [4.69, 9.17) is 25.5 Å². The predicted octanol–water partition coefficient (Wildman–Crippen LogP) is 1.08. The SMILES string of the molecule is CC(=CC(O)(C=C(C)C(=O)O)CCCCO)C(=O)O.OCCCCCO. The van der Waals surface area contributed by atoms with Crippen molar-refractivity contribution in [2.75, 3.05) is 19.8 Å². The van der Waals surface area contributed by atoms with E-state index in [1.807, 2.05) is 0 Å². The summed E-state index contributed by atoms with van der Waals surface area (Å²) in [5.41, 5.74) is -1.78. The molecule has 0 rings (SSSR count). The highest BCUT2D eigenvalue weighted by molar-refractivity contribution is 5.87. The standard InChI is InChI=1S/C13H20O6.C5H12O2/c1-9(11(15)16)7-13(19,5-3-4-6-14)8-10(2)12(17)18;6-4-2-1-3-5-7/h7-8,14,19H,3-6H2,1-2H3,(H,15,16)(H,17,18);6-7H,1-5H2. The molecule has 0 fully saturated rings. The van der Waals surface area contributed by atoms with Gasteiger partial charge in [-0.1, -0.05) is 0 Å². The molecule has 0 atom stereocenters. The number of aliphatic carboxylic acids is 2. The largest absolute Gasteiger partial charge is 0.478 e. The maximum absolute atomic E-state index is 10.8. The van der Waals surface area contributed by atoms with Gasteiger partial charge in [0.2, 0.25) is 0 Å². The first-order valence-corrected chi connectivity index (χ1v) is 8.54. The first-order valence-electron chi connectivity index (χ1n) is 8.54. The van der Waals surface area contributed by atoms with Crippen LogP contribution in [0.1, 0.15) is 52.4 Å². The number of aliphatic hydroxyl groups excluding tert-OH is 3. The zero-order chi connectivity index (χ0) is 20.6. The van der Waals surface area contributed by atoms with Gasteiger partial charge in [-0.25, -0.2) is 9.59 Å². The van der Waals surface area contributed by atoms with Crippen LogP contribution in [0.3, 0.4) is 0 Å². The van der Waals surface area contributed by atoms with Gasteiger partial charge in [-0.2, -0.15) is 0 Å². The third-order valence-electron chi connectivity index (χ3n) is 3.41. The minimum absolute atomic E-state index is 0.0423. The highest BCUT2D eigenvalue weighted by atomic mass is 16.4. The molecule has 0 aliphatic rings. The molecule has 0 bridgehead atoms. The average Bonchev–Trinajstić information content (AvgIpc) is 2.55. The van der Waals surface area contributed by atoms with Crippen molar-refractivity contribution in [2.45, 2.75) is 58.0 Å². The summed E-state index contributed by atoms with van der Waals surface area (Å²) < 4.78 is 0. The van der Waals surface area contributed by atoms with Crippen molar-refractivity contribution < 1.29 is 40.2 Å². The fourth-order valence-corrected chi connectivity index (χ4v) is 1.98. The molecule has 0 aromatic heterocycles. The molecule has 6 N–H and O–H groups in total. The summed E-state index contributed by atoms with van der Waals surface area (Å²) >= 11 is 0. The van der Waals surface area contributed by atoms with Gasteiger partial charge in [0.15, 0.2) is 0 Å². The number of rotatable bonds is 12. The van der Waals surface area contributed by atoms with Gasteiger partial charge in [-0.3, -0.25) is 0 Å². The first kappa shape index (κ1) is 26.5. The molecule has 8 nitrogen and oxygen atoms in total. The van der Waals surface area contributed by atoms with Gasteiger partial charge in [0.25, 0.3) is 0 Å². The molecule has 0 aromatic rings. The van der Waals surface area contributed by atoms with Crippen LogP contribution in [0.15, 0.2) is 23.3 Å². The molecule has 0 heterocycles. The Labute approximate surface area is 154 Å². The highest BCUT2D eigenvalue weighted by Crippen LogP contribution is 2.22. The quantitative estimate of drug-likeness (QED) is 0.218. The molecular formula is C18H32O8. The molecule has 0 unspecified atom stereocenters. The lowest BCUT2D eigenvalue weighted by Gasteiger charge is -2.22. The molecule has 0 aliphatic heterocycles. The van der Waals surface area contributed by atoms with Crippen LogP contribution >= 0.6 is 0 Å². The topological polar surface area (TPSA) is 156 Å². The Hall–Kier alpha value is -1.74. The summed E-state index contributed by atoms with van der Waals surface area (Å²) in [6.45, 7) is 3.10. The Morgan fingerprint density at radius 1 is 0.731 bits per heavy atom. The molecule has 0 amide bonds. The van der Waals surface area contributed by atoms with Gasteiger partial charge in [-0.15, -0.1) is 0 Å². The number of carbonyl (C=O) groups is 2. The van der Waals surface area contributed by atoms with Crippen LogP contribution in [0.5, 0.6) is 0 Å². The van der Waals surface area contributed by atoms with Gasteiger partial charge in [0.1, 0.15) is 5.60 Å². The van der Waals surface area contributed by atoms with Crippen molar-refractivity contribution in [2.24, 2.45) is 0 Å². The Morgan fingerprint density at radius 2 is 1.08 bits per heavy atom. The van der Waals surface area contributed by atoms with Crippen molar-refractivity contribution in [3.8, 4) is 0 Å². The van der Waals surface area contributed by atoms with Gasteiger partial charge >= 0.3 is 11.9 Å². The van der Waals surface area contributed by atoms with E-state index in [1.165, 1.54) is 13.8 Å². The minimum atomic E-state index is -1.64. The fourth-order valence-electron chi connectivity index (χ4n) is 1.98. The van der Waals surface area contributed by atoms with Gasteiger partial charge < -0.3 is 30.6 Å². The molecular weight excluding hydrogens is 344 g/mol. The maximum atomic E-state index is 10.8. The highest BCUT2D eigenvalue weighted by Gasteiger charge is 2.24. The van der Waals surface area contributed by atoms with E-state index in [9.17, 15) is 14.7 Å². The van der Waals surface area contributed by atoms with E-state index in [-0.39, 0.29) is 37.4 Å². The fraction of sp³-hybridized carbons (Fsp3) is 0.667. The summed E-state index contributed by atoms with van der Waals surface area (Å²) in [6.07, 6.45) is 5.86. The summed E-state index contributed by atoms with van der Waals surface area (Å²) in [5, 5.41) is 53.0. The van der Waals surface area contributed by atoms with E-state index < -0.39 is 17.5 Å². The minimum Gasteiger partial charge on any atom is -0.478 e. The Kier molecular flexibility index (Phi) is 15.8. The van der Waals surface area contributed by atoms with Crippen molar-refractivity contribution in [1.29, 1.82) is 0 Å². The zero-order valence-electron chi connectivity index (χ0n) is 15.5. The Morgan fingerprint density at radius 3 is 1.38 bits per heavy atom. The van der Waals surface area contributed by atoms with Gasteiger partial charge in [-0.05, 0) is 64.5 Å². The molecule has 152 valence electrons. The summed E-state index contributed by atoms with van der Waals surface area (Å²) in [4.78, 5) is 21.5. The predicted molar refractivity (Wildman–Crippen MR) is 96.7 cm³/mol. The monoisotopic (exact) mass is 376 g/mol. The normalized spacial score (nSPS) is 14.2. The number of aliphatic hydroxyl groups is 4. The van der Waals surface area contributed by atoms with E-state index in [0.717, 1.165) is 31.4 Å². The van der Waals surface area contributed by atoms with Crippen LogP contribution in [0.4, 0.5) is 0 Å². The molecule has 8 heteroatoms. The van der Waals surface area contributed by atoms with Crippen molar-refractivity contribution in [3.63, 3.8) is 0 Å². The van der Waals surface area contributed by atoms with Crippen molar-refractivity contribution in [3.05, 3.63) is 23.3 Å². The van der Waals surface area contributed by atoms with Gasteiger partial charge in [0, 0.05) is 31.0 Å². The van der Waals surface area contributed by atoms with Crippen molar-refractivity contribution >= 4 is 11.9 Å². The van der Waals surface area contributed by atoms with E-state index in [0.29, 0.717) is 12.8 Å². The number of hydrogen-bond acceptors (Lipinski definition) is 6. The molecule has 26 heavy (non-hydrogen) atoms. The van der Waals surface area contributed by atoms with Crippen LogP contribution in [0, 0.1) is 0 Å². The number of carboxylic acids is 2. The van der Waals surface area contributed by atoms with Crippen LogP contribution in [0.2, 0.25) is 0 Å². The molecule has 0 radical (unpaired) electrons. The smallest absolute Gasteiger partial charge is 0.331 e. The third-order valence-corrected chi connectivity index (χ3v) is 3.41. The van der Waals surface area contributed by atoms with Crippen LogP contribution in [0.25, 0.3) is 0 Å². The van der Waals surface area contributed by atoms with E-state index >= 15 is 0 Å². The molecule has 0 saturated carbocycles. The second kappa shape index (κ2) is 15.5. The molecule has 0 saturated heterocycles. The van der Waals surface area contributed by atoms with Gasteiger partial charge in [0.05, 0.1) is 0 Å². The Bertz CT molecular complexity index is 434. The lowest BCUT2D eigenvalue weighted by Crippen LogP contribution is -2.26.